The van der Waals surface area contributed by atoms with Gasteiger partial charge in [0.1, 0.15) is 5.69 Å². The summed E-state index contributed by atoms with van der Waals surface area (Å²) in [6.45, 7) is 3.73. The maximum Gasteiger partial charge on any atom is 0.272 e. The van der Waals surface area contributed by atoms with E-state index in [-0.39, 0.29) is 17.7 Å². The monoisotopic (exact) mass is 239 g/mol. The lowest BCUT2D eigenvalue weighted by molar-refractivity contribution is 0.0933. The van der Waals surface area contributed by atoms with Crippen LogP contribution >= 0.6 is 0 Å². The molecule has 0 fully saturated rings. The van der Waals surface area contributed by atoms with E-state index < -0.39 is 6.04 Å². The van der Waals surface area contributed by atoms with Crippen LogP contribution in [0.1, 0.15) is 24.3 Å². The number of carbonyl (C=O) groups is 1. The van der Waals surface area contributed by atoms with E-state index in [9.17, 15) is 4.79 Å². The lowest BCUT2D eigenvalue weighted by Crippen LogP contribution is -2.48. The van der Waals surface area contributed by atoms with Crippen molar-refractivity contribution in [3.8, 4) is 0 Å². The summed E-state index contributed by atoms with van der Waals surface area (Å²) in [5.41, 5.74) is 5.80. The number of aryl methyl sites for hydroxylation is 1. The summed E-state index contributed by atoms with van der Waals surface area (Å²) in [4.78, 5) is 11.8. The molecule has 1 atom stereocenters. The molecule has 94 valence electrons. The van der Waals surface area contributed by atoms with Crippen molar-refractivity contribution in [2.45, 2.75) is 19.9 Å². The fraction of sp³-hybridized carbons (Fsp3) is 0.500. The first-order chi connectivity index (χ1) is 7.95. The van der Waals surface area contributed by atoms with Crippen molar-refractivity contribution in [2.75, 3.05) is 0 Å². The average Bonchev–Trinajstić information content (AvgIpc) is 2.71. The molecule has 0 bridgehead atoms. The summed E-state index contributed by atoms with van der Waals surface area (Å²) in [5.74, 6) is -0.362. The zero-order valence-electron chi connectivity index (χ0n) is 10.1. The minimum atomic E-state index is -0.519. The zero-order valence-corrected chi connectivity index (χ0v) is 10.1. The summed E-state index contributed by atoms with van der Waals surface area (Å²) in [7, 11) is 1.72. The third kappa shape index (κ3) is 3.20. The Kier molecular flexibility index (Phi) is 4.08. The van der Waals surface area contributed by atoms with Crippen LogP contribution < -0.4 is 11.1 Å². The summed E-state index contributed by atoms with van der Waals surface area (Å²) in [6.07, 6.45) is 1.67. The van der Waals surface area contributed by atoms with Gasteiger partial charge in [0.2, 0.25) is 0 Å². The Morgan fingerprint density at radius 3 is 2.71 bits per heavy atom. The maximum absolute atomic E-state index is 11.8. The van der Waals surface area contributed by atoms with Gasteiger partial charge in [-0.3, -0.25) is 9.48 Å². The molecular weight excluding hydrogens is 222 g/mol. The molecule has 0 saturated carbocycles. The number of hydrogen-bond acceptors (Lipinski definition) is 4. The van der Waals surface area contributed by atoms with Crippen LogP contribution in [0.5, 0.6) is 0 Å². The standard InChI is InChI=1S/C10H17N5O2/c1-6(2)8(9(11)14-17)12-10(16)7-4-5-15(3)13-7/h4-6,8,17H,1-3H3,(H2,11,14)(H,12,16). The van der Waals surface area contributed by atoms with Gasteiger partial charge in [-0.2, -0.15) is 5.10 Å². The van der Waals surface area contributed by atoms with Crippen molar-refractivity contribution < 1.29 is 10.0 Å². The van der Waals surface area contributed by atoms with E-state index in [1.54, 1.807) is 19.3 Å². The molecule has 7 nitrogen and oxygen atoms in total. The van der Waals surface area contributed by atoms with Crippen LogP contribution in [0.4, 0.5) is 0 Å². The molecule has 0 aliphatic carbocycles. The Morgan fingerprint density at radius 2 is 2.29 bits per heavy atom. The third-order valence-electron chi connectivity index (χ3n) is 2.33. The van der Waals surface area contributed by atoms with Crippen LogP contribution in [0.3, 0.4) is 0 Å². The summed E-state index contributed by atoms with van der Waals surface area (Å²) < 4.78 is 1.53. The highest BCUT2D eigenvalue weighted by atomic mass is 16.4. The summed E-state index contributed by atoms with van der Waals surface area (Å²) in [6, 6.07) is 1.08. The molecular formula is C10H17N5O2. The van der Waals surface area contributed by atoms with Gasteiger partial charge < -0.3 is 16.3 Å². The van der Waals surface area contributed by atoms with Crippen LogP contribution in [0.2, 0.25) is 0 Å². The molecule has 0 aliphatic heterocycles. The number of nitrogens with zero attached hydrogens (tertiary/aromatic N) is 3. The number of aromatic nitrogens is 2. The number of carbonyl (C=O) groups excluding carboxylic acids is 1. The fourth-order valence-electron chi connectivity index (χ4n) is 1.40. The Balaban J connectivity index is 2.78. The largest absolute Gasteiger partial charge is 0.409 e. The first kappa shape index (κ1) is 13.0. The van der Waals surface area contributed by atoms with Gasteiger partial charge in [0, 0.05) is 13.2 Å². The van der Waals surface area contributed by atoms with Gasteiger partial charge in [-0.25, -0.2) is 0 Å². The number of amidine groups is 1. The molecule has 7 heteroatoms. The SMILES string of the molecule is CC(C)C(NC(=O)c1ccn(C)n1)/C(N)=N/O. The number of nitrogens with one attached hydrogen (secondary N) is 1. The van der Waals surface area contributed by atoms with Crippen LogP contribution in [0.15, 0.2) is 17.4 Å². The Bertz CT molecular complexity index is 424. The Hall–Kier alpha value is -2.05. The van der Waals surface area contributed by atoms with E-state index >= 15 is 0 Å². The Labute approximate surface area is 99.3 Å². The first-order valence-corrected chi connectivity index (χ1v) is 5.23. The molecule has 0 spiro atoms. The minimum absolute atomic E-state index is 0.0126. The van der Waals surface area contributed by atoms with E-state index in [2.05, 4.69) is 15.6 Å². The topological polar surface area (TPSA) is 106 Å². The maximum atomic E-state index is 11.8. The second kappa shape index (κ2) is 5.33. The molecule has 1 amide bonds. The van der Waals surface area contributed by atoms with Crippen LogP contribution in [-0.4, -0.2) is 32.8 Å². The number of hydrogen-bond donors (Lipinski definition) is 3. The number of rotatable bonds is 4. The average molecular weight is 239 g/mol. The molecule has 0 aromatic carbocycles. The molecule has 1 unspecified atom stereocenters. The predicted molar refractivity (Wildman–Crippen MR) is 62.7 cm³/mol. The van der Waals surface area contributed by atoms with Gasteiger partial charge in [0.25, 0.3) is 5.91 Å². The normalized spacial score (nSPS) is 13.8. The van der Waals surface area contributed by atoms with Crippen molar-refractivity contribution in [2.24, 2.45) is 23.9 Å². The van der Waals surface area contributed by atoms with Crippen LogP contribution in [0, 0.1) is 5.92 Å². The molecule has 1 aromatic heterocycles. The van der Waals surface area contributed by atoms with Crippen molar-refractivity contribution in [1.29, 1.82) is 0 Å². The van der Waals surface area contributed by atoms with Gasteiger partial charge in [-0.05, 0) is 12.0 Å². The van der Waals surface area contributed by atoms with Crippen LogP contribution in [-0.2, 0) is 7.05 Å². The predicted octanol–water partition coefficient (Wildman–Crippen LogP) is -0.0791. The highest BCUT2D eigenvalue weighted by Gasteiger charge is 2.22. The molecule has 4 N–H and O–H groups in total. The van der Waals surface area contributed by atoms with E-state index in [4.69, 9.17) is 10.9 Å². The second-order valence-corrected chi connectivity index (χ2v) is 4.09. The van der Waals surface area contributed by atoms with Crippen molar-refractivity contribution >= 4 is 11.7 Å². The number of nitrogens with two attached hydrogens (primary N) is 1. The van der Waals surface area contributed by atoms with Gasteiger partial charge in [0.05, 0.1) is 6.04 Å². The van der Waals surface area contributed by atoms with E-state index in [0.29, 0.717) is 5.69 Å². The van der Waals surface area contributed by atoms with Gasteiger partial charge in [-0.15, -0.1) is 0 Å². The van der Waals surface area contributed by atoms with Gasteiger partial charge >= 0.3 is 0 Å². The van der Waals surface area contributed by atoms with Crippen LogP contribution in [0.25, 0.3) is 0 Å². The smallest absolute Gasteiger partial charge is 0.272 e. The van der Waals surface area contributed by atoms with E-state index in [1.165, 1.54) is 4.68 Å². The summed E-state index contributed by atoms with van der Waals surface area (Å²) >= 11 is 0. The Morgan fingerprint density at radius 1 is 1.65 bits per heavy atom. The quantitative estimate of drug-likeness (QED) is 0.296. The molecule has 0 aliphatic rings. The minimum Gasteiger partial charge on any atom is -0.409 e. The summed E-state index contributed by atoms with van der Waals surface area (Å²) in [5, 5.41) is 18.2. The molecule has 1 aromatic rings. The molecule has 1 heterocycles. The van der Waals surface area contributed by atoms with Gasteiger partial charge in [-0.1, -0.05) is 19.0 Å². The lowest BCUT2D eigenvalue weighted by atomic mass is 10.0. The van der Waals surface area contributed by atoms with E-state index in [1.807, 2.05) is 13.8 Å². The van der Waals surface area contributed by atoms with Crippen molar-refractivity contribution in [3.05, 3.63) is 18.0 Å². The zero-order chi connectivity index (χ0) is 13.0. The second-order valence-electron chi connectivity index (χ2n) is 4.09. The first-order valence-electron chi connectivity index (χ1n) is 5.23. The van der Waals surface area contributed by atoms with E-state index in [0.717, 1.165) is 0 Å². The highest BCUT2D eigenvalue weighted by Crippen LogP contribution is 2.03. The number of oxime groups is 1. The fourth-order valence-corrected chi connectivity index (χ4v) is 1.40. The molecule has 1 rings (SSSR count). The van der Waals surface area contributed by atoms with Crippen molar-refractivity contribution in [3.63, 3.8) is 0 Å². The lowest BCUT2D eigenvalue weighted by Gasteiger charge is -2.20. The molecule has 0 radical (unpaired) electrons. The third-order valence-corrected chi connectivity index (χ3v) is 2.33. The molecule has 0 saturated heterocycles. The van der Waals surface area contributed by atoms with Crippen molar-refractivity contribution in [1.82, 2.24) is 15.1 Å². The molecule has 17 heavy (non-hydrogen) atoms. The number of amides is 1. The highest BCUT2D eigenvalue weighted by molar-refractivity contribution is 5.96. The van der Waals surface area contributed by atoms with Gasteiger partial charge in [0.15, 0.2) is 5.84 Å².